The van der Waals surface area contributed by atoms with Gasteiger partial charge in [0.25, 0.3) is 0 Å². The zero-order chi connectivity index (χ0) is 15.3. The van der Waals surface area contributed by atoms with Crippen molar-refractivity contribution in [3.05, 3.63) is 71.8 Å². The maximum absolute atomic E-state index is 6.50. The van der Waals surface area contributed by atoms with Gasteiger partial charge in [-0.05, 0) is 38.7 Å². The van der Waals surface area contributed by atoms with E-state index in [1.54, 1.807) is 0 Å². The van der Waals surface area contributed by atoms with Crippen molar-refractivity contribution < 1.29 is 0 Å². The van der Waals surface area contributed by atoms with E-state index in [9.17, 15) is 0 Å². The first-order valence-electron chi connectivity index (χ1n) is 7.58. The lowest BCUT2D eigenvalue weighted by molar-refractivity contribution is 1.63. The van der Waals surface area contributed by atoms with Crippen LogP contribution in [-0.2, 0) is 0 Å². The van der Waals surface area contributed by atoms with E-state index in [1.165, 1.54) is 32.6 Å². The molecular weight excluding hydrogens is 304 g/mol. The van der Waals surface area contributed by atoms with Crippen molar-refractivity contribution in [2.45, 2.75) is 13.1 Å². The predicted molar refractivity (Wildman–Crippen MR) is 99.1 cm³/mol. The van der Waals surface area contributed by atoms with E-state index in [1.807, 2.05) is 6.07 Å². The van der Waals surface area contributed by atoms with Crippen LogP contribution in [0.5, 0.6) is 0 Å². The SMILES string of the molecule is C[Si]1(C)c2cc(-c3ccccc3)ccc2-c2c(Cl)cccc21. The van der Waals surface area contributed by atoms with Crippen molar-refractivity contribution in [2.24, 2.45) is 0 Å². The summed E-state index contributed by atoms with van der Waals surface area (Å²) in [4.78, 5) is 0. The summed E-state index contributed by atoms with van der Waals surface area (Å²) in [6, 6.07) is 23.8. The average molecular weight is 321 g/mol. The maximum Gasteiger partial charge on any atom is 0.113 e. The minimum Gasteiger partial charge on any atom is -0.0837 e. The molecule has 1 aliphatic rings. The molecule has 2 heteroatoms. The van der Waals surface area contributed by atoms with Crippen LogP contribution in [0.3, 0.4) is 0 Å². The smallest absolute Gasteiger partial charge is 0.0837 e. The minimum absolute atomic E-state index is 0.879. The molecule has 0 fully saturated rings. The largest absolute Gasteiger partial charge is 0.113 e. The molecule has 0 aromatic heterocycles. The number of benzene rings is 3. The first-order chi connectivity index (χ1) is 10.6. The number of halogens is 1. The summed E-state index contributed by atoms with van der Waals surface area (Å²) in [5.41, 5.74) is 5.16. The van der Waals surface area contributed by atoms with Gasteiger partial charge >= 0.3 is 0 Å². The Kier molecular flexibility index (Phi) is 3.03. The van der Waals surface area contributed by atoms with Gasteiger partial charge in [0, 0.05) is 5.02 Å². The lowest BCUT2D eigenvalue weighted by Gasteiger charge is -2.19. The summed E-state index contributed by atoms with van der Waals surface area (Å²) in [6.07, 6.45) is 0. The normalized spacial score (nSPS) is 14.5. The monoisotopic (exact) mass is 320 g/mol. The fourth-order valence-electron chi connectivity index (χ4n) is 3.55. The molecule has 0 saturated carbocycles. The molecule has 22 heavy (non-hydrogen) atoms. The zero-order valence-electron chi connectivity index (χ0n) is 12.7. The summed E-state index contributed by atoms with van der Waals surface area (Å²) in [7, 11) is -1.66. The summed E-state index contributed by atoms with van der Waals surface area (Å²) < 4.78 is 0. The van der Waals surface area contributed by atoms with Gasteiger partial charge in [0.1, 0.15) is 8.07 Å². The van der Waals surface area contributed by atoms with E-state index in [4.69, 9.17) is 11.6 Å². The van der Waals surface area contributed by atoms with Gasteiger partial charge in [-0.25, -0.2) is 0 Å². The van der Waals surface area contributed by atoms with Gasteiger partial charge in [-0.15, -0.1) is 0 Å². The highest BCUT2D eigenvalue weighted by Crippen LogP contribution is 2.35. The molecule has 0 radical (unpaired) electrons. The molecule has 3 aromatic rings. The second-order valence-electron chi connectivity index (χ2n) is 6.41. The van der Waals surface area contributed by atoms with E-state index in [2.05, 4.69) is 73.8 Å². The Morgan fingerprint density at radius 2 is 1.50 bits per heavy atom. The van der Waals surface area contributed by atoms with Crippen LogP contribution >= 0.6 is 11.6 Å². The zero-order valence-corrected chi connectivity index (χ0v) is 14.5. The molecule has 3 aromatic carbocycles. The second-order valence-corrected chi connectivity index (χ2v) is 11.1. The van der Waals surface area contributed by atoms with Crippen molar-refractivity contribution in [1.82, 2.24) is 0 Å². The van der Waals surface area contributed by atoms with Crippen LogP contribution in [0.15, 0.2) is 66.7 Å². The molecule has 4 rings (SSSR count). The highest BCUT2D eigenvalue weighted by molar-refractivity contribution is 7.04. The van der Waals surface area contributed by atoms with E-state index >= 15 is 0 Å². The molecule has 0 nitrogen and oxygen atoms in total. The van der Waals surface area contributed by atoms with Crippen molar-refractivity contribution in [1.29, 1.82) is 0 Å². The Labute approximate surface area is 137 Å². The first-order valence-corrected chi connectivity index (χ1v) is 11.0. The number of rotatable bonds is 1. The van der Waals surface area contributed by atoms with Gasteiger partial charge in [-0.3, -0.25) is 0 Å². The van der Waals surface area contributed by atoms with Gasteiger partial charge in [-0.2, -0.15) is 0 Å². The van der Waals surface area contributed by atoms with Crippen LogP contribution in [0.2, 0.25) is 18.1 Å². The van der Waals surface area contributed by atoms with E-state index in [0.717, 1.165) is 5.02 Å². The van der Waals surface area contributed by atoms with Crippen LogP contribution in [-0.4, -0.2) is 8.07 Å². The lowest BCUT2D eigenvalue weighted by atomic mass is 10.0. The van der Waals surface area contributed by atoms with Crippen LogP contribution < -0.4 is 10.4 Å². The second kappa shape index (κ2) is 4.84. The molecule has 1 heterocycles. The van der Waals surface area contributed by atoms with Crippen LogP contribution in [0.25, 0.3) is 22.3 Å². The third kappa shape index (κ3) is 1.89. The third-order valence-electron chi connectivity index (χ3n) is 4.76. The fourth-order valence-corrected chi connectivity index (χ4v) is 7.00. The standard InChI is InChI=1S/C20H17ClSi/c1-22(2)18-10-6-9-17(21)20(18)16-12-11-15(13-19(16)22)14-7-4-3-5-8-14/h3-13H,1-2H3. The number of hydrogen-bond acceptors (Lipinski definition) is 0. The van der Waals surface area contributed by atoms with E-state index < -0.39 is 8.07 Å². The molecule has 0 unspecified atom stereocenters. The Morgan fingerprint density at radius 3 is 2.27 bits per heavy atom. The van der Waals surface area contributed by atoms with Crippen LogP contribution in [0, 0.1) is 0 Å². The Balaban J connectivity index is 1.97. The third-order valence-corrected chi connectivity index (χ3v) is 8.60. The molecule has 0 N–H and O–H groups in total. The van der Waals surface area contributed by atoms with E-state index in [-0.39, 0.29) is 0 Å². The molecule has 0 aliphatic carbocycles. The number of hydrogen-bond donors (Lipinski definition) is 0. The molecule has 1 aliphatic heterocycles. The minimum atomic E-state index is -1.66. The highest BCUT2D eigenvalue weighted by atomic mass is 35.5. The van der Waals surface area contributed by atoms with Gasteiger partial charge < -0.3 is 0 Å². The van der Waals surface area contributed by atoms with Gasteiger partial charge in [0.2, 0.25) is 0 Å². The Bertz CT molecular complexity index is 866. The summed E-state index contributed by atoms with van der Waals surface area (Å²) >= 11 is 6.50. The molecular formula is C20H17ClSi. The summed E-state index contributed by atoms with van der Waals surface area (Å²) in [5, 5.41) is 3.83. The molecule has 0 bridgehead atoms. The molecule has 108 valence electrons. The first kappa shape index (κ1) is 13.8. The Morgan fingerprint density at radius 1 is 0.727 bits per heavy atom. The van der Waals surface area contributed by atoms with Crippen LogP contribution in [0.4, 0.5) is 0 Å². The predicted octanol–water partition coefficient (Wildman–Crippen LogP) is 4.81. The van der Waals surface area contributed by atoms with E-state index in [0.29, 0.717) is 0 Å². The quantitative estimate of drug-likeness (QED) is 0.564. The average Bonchev–Trinajstić information content (AvgIpc) is 2.77. The van der Waals surface area contributed by atoms with Gasteiger partial charge in [0.15, 0.2) is 0 Å². The molecule has 0 amide bonds. The van der Waals surface area contributed by atoms with Crippen LogP contribution in [0.1, 0.15) is 0 Å². The fraction of sp³-hybridized carbons (Fsp3) is 0.100. The van der Waals surface area contributed by atoms with Crippen molar-refractivity contribution in [3.8, 4) is 22.3 Å². The van der Waals surface area contributed by atoms with Crippen molar-refractivity contribution in [3.63, 3.8) is 0 Å². The maximum atomic E-state index is 6.50. The summed E-state index contributed by atoms with van der Waals surface area (Å²) in [6.45, 7) is 4.84. The van der Waals surface area contributed by atoms with Crippen molar-refractivity contribution in [2.75, 3.05) is 0 Å². The van der Waals surface area contributed by atoms with Crippen molar-refractivity contribution >= 4 is 30.0 Å². The lowest BCUT2D eigenvalue weighted by Crippen LogP contribution is -2.49. The molecule has 0 spiro atoms. The topological polar surface area (TPSA) is 0 Å². The molecule has 0 atom stereocenters. The number of fused-ring (bicyclic) bond motifs is 3. The van der Waals surface area contributed by atoms with Gasteiger partial charge in [-0.1, -0.05) is 85.4 Å². The molecule has 0 saturated heterocycles. The summed E-state index contributed by atoms with van der Waals surface area (Å²) in [5.74, 6) is 0. The Hall–Kier alpha value is -1.83. The highest BCUT2D eigenvalue weighted by Gasteiger charge is 2.38. The van der Waals surface area contributed by atoms with Gasteiger partial charge in [0.05, 0.1) is 0 Å².